The van der Waals surface area contributed by atoms with Crippen LogP contribution in [0, 0.1) is 0 Å². The number of carbonyl (C=O) groups is 3. The van der Waals surface area contributed by atoms with Crippen LogP contribution in [0.15, 0.2) is 52.1 Å². The van der Waals surface area contributed by atoms with Gasteiger partial charge in [0.2, 0.25) is 11.7 Å². The molecule has 0 saturated heterocycles. The topological polar surface area (TPSA) is 114 Å². The molecule has 3 rings (SSSR count). The van der Waals surface area contributed by atoms with Gasteiger partial charge < -0.3 is 20.2 Å². The highest BCUT2D eigenvalue weighted by Gasteiger charge is 2.36. The SMILES string of the molecule is CC(C)N1CC(C(=O)c2ccc(Cc3ccccc3C(N)=O)o2)=C(O)C1=O. The molecule has 1 aromatic carbocycles. The lowest BCUT2D eigenvalue weighted by Gasteiger charge is -2.20. The summed E-state index contributed by atoms with van der Waals surface area (Å²) in [5.74, 6) is -1.67. The van der Waals surface area contributed by atoms with Crippen LogP contribution in [0.3, 0.4) is 0 Å². The maximum absolute atomic E-state index is 12.6. The van der Waals surface area contributed by atoms with Crippen molar-refractivity contribution >= 4 is 17.6 Å². The Morgan fingerprint density at radius 1 is 1.22 bits per heavy atom. The minimum atomic E-state index is -0.560. The molecule has 0 radical (unpaired) electrons. The molecule has 27 heavy (non-hydrogen) atoms. The van der Waals surface area contributed by atoms with Gasteiger partial charge in [-0.1, -0.05) is 18.2 Å². The van der Waals surface area contributed by atoms with E-state index in [9.17, 15) is 19.5 Å². The molecule has 1 aromatic heterocycles. The maximum atomic E-state index is 12.6. The van der Waals surface area contributed by atoms with Crippen LogP contribution >= 0.6 is 0 Å². The Morgan fingerprint density at radius 3 is 2.56 bits per heavy atom. The molecule has 7 heteroatoms. The fourth-order valence-corrected chi connectivity index (χ4v) is 3.02. The molecule has 0 atom stereocenters. The van der Waals surface area contributed by atoms with Gasteiger partial charge in [-0.05, 0) is 37.6 Å². The predicted molar refractivity (Wildman–Crippen MR) is 97.3 cm³/mol. The van der Waals surface area contributed by atoms with Crippen molar-refractivity contribution in [2.45, 2.75) is 26.3 Å². The van der Waals surface area contributed by atoms with Crippen LogP contribution in [0.1, 0.15) is 46.1 Å². The van der Waals surface area contributed by atoms with Crippen LogP contribution in [0.5, 0.6) is 0 Å². The largest absolute Gasteiger partial charge is 0.503 e. The number of nitrogens with two attached hydrogens (primary N) is 1. The van der Waals surface area contributed by atoms with Crippen LogP contribution < -0.4 is 5.73 Å². The minimum absolute atomic E-state index is 0.0205. The molecular formula is C20H20N2O5. The molecule has 0 spiro atoms. The number of aliphatic hydroxyl groups is 1. The number of aliphatic hydroxyl groups excluding tert-OH is 1. The zero-order valence-corrected chi connectivity index (χ0v) is 15.1. The van der Waals surface area contributed by atoms with Gasteiger partial charge in [0.25, 0.3) is 5.91 Å². The number of hydrogen-bond donors (Lipinski definition) is 2. The Kier molecular flexibility index (Phi) is 4.85. The molecule has 0 bridgehead atoms. The zero-order valence-electron chi connectivity index (χ0n) is 15.1. The molecule has 7 nitrogen and oxygen atoms in total. The number of benzene rings is 1. The van der Waals surface area contributed by atoms with Crippen LogP contribution in [0.4, 0.5) is 0 Å². The van der Waals surface area contributed by atoms with E-state index in [1.807, 2.05) is 0 Å². The highest BCUT2D eigenvalue weighted by molar-refractivity contribution is 6.14. The van der Waals surface area contributed by atoms with Crippen LogP contribution in [0.25, 0.3) is 0 Å². The summed E-state index contributed by atoms with van der Waals surface area (Å²) in [5.41, 5.74) is 6.46. The van der Waals surface area contributed by atoms with E-state index in [-0.39, 0.29) is 30.3 Å². The fraction of sp³-hybridized carbons (Fsp3) is 0.250. The van der Waals surface area contributed by atoms with E-state index in [1.165, 1.54) is 11.0 Å². The predicted octanol–water partition coefficient (Wildman–Crippen LogP) is 2.21. The fourth-order valence-electron chi connectivity index (χ4n) is 3.02. The molecule has 2 amide bonds. The van der Waals surface area contributed by atoms with Gasteiger partial charge in [0.15, 0.2) is 11.5 Å². The molecule has 2 heterocycles. The molecule has 1 aliphatic rings. The van der Waals surface area contributed by atoms with Crippen molar-refractivity contribution in [2.24, 2.45) is 5.73 Å². The standard InChI is InChI=1S/C20H20N2O5/c1-11(2)22-10-15(18(24)20(22)26)17(23)16-8-7-13(27-16)9-12-5-3-4-6-14(12)19(21)25/h3-8,11,24H,9-10H2,1-2H3,(H2,21,25). The summed E-state index contributed by atoms with van der Waals surface area (Å²) in [7, 11) is 0. The number of carbonyl (C=O) groups excluding carboxylic acids is 3. The summed E-state index contributed by atoms with van der Waals surface area (Å²) in [6.07, 6.45) is 0.286. The highest BCUT2D eigenvalue weighted by atomic mass is 16.3. The Labute approximate surface area is 156 Å². The van der Waals surface area contributed by atoms with Crippen molar-refractivity contribution in [3.8, 4) is 0 Å². The van der Waals surface area contributed by atoms with Gasteiger partial charge in [0.05, 0.1) is 12.1 Å². The average Bonchev–Trinajstić information content (AvgIpc) is 3.20. The van der Waals surface area contributed by atoms with Crippen LogP contribution in [0.2, 0.25) is 0 Å². The van der Waals surface area contributed by atoms with Crippen molar-refractivity contribution in [1.29, 1.82) is 0 Å². The lowest BCUT2D eigenvalue weighted by molar-refractivity contribution is -0.129. The summed E-state index contributed by atoms with van der Waals surface area (Å²) in [6, 6.07) is 9.86. The highest BCUT2D eigenvalue weighted by Crippen LogP contribution is 2.24. The monoisotopic (exact) mass is 368 g/mol. The second-order valence-corrected chi connectivity index (χ2v) is 6.65. The minimum Gasteiger partial charge on any atom is -0.503 e. The number of ketones is 1. The first-order chi connectivity index (χ1) is 12.8. The van der Waals surface area contributed by atoms with E-state index < -0.39 is 23.4 Å². The van der Waals surface area contributed by atoms with Gasteiger partial charge in [0.1, 0.15) is 5.76 Å². The third kappa shape index (κ3) is 3.48. The lowest BCUT2D eigenvalue weighted by atomic mass is 10.0. The quantitative estimate of drug-likeness (QED) is 0.759. The molecule has 2 aromatic rings. The molecular weight excluding hydrogens is 348 g/mol. The smallest absolute Gasteiger partial charge is 0.289 e. The van der Waals surface area contributed by atoms with E-state index >= 15 is 0 Å². The Balaban J connectivity index is 1.82. The molecule has 140 valence electrons. The first-order valence-electron chi connectivity index (χ1n) is 8.53. The summed E-state index contributed by atoms with van der Waals surface area (Å²) in [5, 5.41) is 10.0. The normalized spacial score (nSPS) is 14.3. The summed E-state index contributed by atoms with van der Waals surface area (Å²) >= 11 is 0. The van der Waals surface area contributed by atoms with Gasteiger partial charge in [0, 0.05) is 18.0 Å². The van der Waals surface area contributed by atoms with Gasteiger partial charge in [-0.2, -0.15) is 0 Å². The molecule has 0 aliphatic carbocycles. The third-order valence-corrected chi connectivity index (χ3v) is 4.51. The molecule has 0 fully saturated rings. The maximum Gasteiger partial charge on any atom is 0.289 e. The number of Topliss-reactive ketones (excluding diaryl/α,β-unsaturated/α-hetero) is 1. The van der Waals surface area contributed by atoms with Gasteiger partial charge in [-0.3, -0.25) is 14.4 Å². The van der Waals surface area contributed by atoms with Crippen molar-refractivity contribution < 1.29 is 23.9 Å². The Hall–Kier alpha value is -3.35. The summed E-state index contributed by atoms with van der Waals surface area (Å²) < 4.78 is 5.60. The lowest BCUT2D eigenvalue weighted by Crippen LogP contribution is -2.34. The molecule has 1 aliphatic heterocycles. The number of primary amides is 1. The first-order valence-corrected chi connectivity index (χ1v) is 8.53. The van der Waals surface area contributed by atoms with E-state index in [1.54, 1.807) is 44.2 Å². The van der Waals surface area contributed by atoms with Gasteiger partial charge in [-0.25, -0.2) is 0 Å². The number of furan rings is 1. The number of rotatable bonds is 6. The summed E-state index contributed by atoms with van der Waals surface area (Å²) in [6.45, 7) is 3.65. The number of amides is 2. The van der Waals surface area contributed by atoms with Gasteiger partial charge >= 0.3 is 0 Å². The molecule has 0 unspecified atom stereocenters. The second-order valence-electron chi connectivity index (χ2n) is 6.65. The van der Waals surface area contributed by atoms with Crippen LogP contribution in [-0.2, 0) is 11.2 Å². The molecule has 3 N–H and O–H groups in total. The zero-order chi connectivity index (χ0) is 19.7. The van der Waals surface area contributed by atoms with Crippen molar-refractivity contribution in [1.82, 2.24) is 4.90 Å². The number of nitrogens with zero attached hydrogens (tertiary/aromatic N) is 1. The Morgan fingerprint density at radius 2 is 1.93 bits per heavy atom. The van der Waals surface area contributed by atoms with Crippen molar-refractivity contribution in [2.75, 3.05) is 6.54 Å². The first kappa shape index (κ1) is 18.4. The number of hydrogen-bond acceptors (Lipinski definition) is 5. The van der Waals surface area contributed by atoms with Crippen molar-refractivity contribution in [3.05, 3.63) is 70.4 Å². The van der Waals surface area contributed by atoms with E-state index in [0.717, 1.165) is 0 Å². The van der Waals surface area contributed by atoms with Crippen molar-refractivity contribution in [3.63, 3.8) is 0 Å². The molecule has 0 saturated carbocycles. The van der Waals surface area contributed by atoms with E-state index in [4.69, 9.17) is 10.2 Å². The van der Waals surface area contributed by atoms with Gasteiger partial charge in [-0.15, -0.1) is 0 Å². The third-order valence-electron chi connectivity index (χ3n) is 4.51. The van der Waals surface area contributed by atoms with E-state index in [2.05, 4.69) is 0 Å². The average molecular weight is 368 g/mol. The van der Waals surface area contributed by atoms with Crippen LogP contribution in [-0.4, -0.2) is 40.2 Å². The summed E-state index contributed by atoms with van der Waals surface area (Å²) in [4.78, 5) is 37.6. The van der Waals surface area contributed by atoms with E-state index in [0.29, 0.717) is 16.9 Å². The second kappa shape index (κ2) is 7.11. The Bertz CT molecular complexity index is 955.